The summed E-state index contributed by atoms with van der Waals surface area (Å²) in [5, 5.41) is 9.68. The zero-order valence-corrected chi connectivity index (χ0v) is 10.2. The number of aromatic hydroxyl groups is 1. The molecule has 0 atom stereocenters. The molecule has 0 bridgehead atoms. The van der Waals surface area contributed by atoms with Gasteiger partial charge in [-0.3, -0.25) is 0 Å². The highest BCUT2D eigenvalue weighted by atomic mass is 32.1. The molecule has 16 heavy (non-hydrogen) atoms. The lowest BCUT2D eigenvalue weighted by molar-refractivity contribution is 0.414. The van der Waals surface area contributed by atoms with Gasteiger partial charge < -0.3 is 20.0 Å². The van der Waals surface area contributed by atoms with Gasteiger partial charge in [0, 0.05) is 6.54 Å². The molecular weight excluding hydrogens is 222 g/mol. The highest BCUT2D eigenvalue weighted by molar-refractivity contribution is 7.71. The average molecular weight is 237 g/mol. The topological polar surface area (TPSA) is 55.0 Å². The Kier molecular flexibility index (Phi) is 2.98. The minimum atomic E-state index is 0.232. The second-order valence-electron chi connectivity index (χ2n) is 4.13. The van der Waals surface area contributed by atoms with Gasteiger partial charge in [0.05, 0.1) is 5.52 Å². The molecular formula is C11H15N3OS. The van der Waals surface area contributed by atoms with Gasteiger partial charge in [-0.2, -0.15) is 0 Å². The number of benzene rings is 1. The monoisotopic (exact) mass is 237 g/mol. The van der Waals surface area contributed by atoms with Crippen molar-refractivity contribution in [2.24, 2.45) is 0 Å². The molecule has 0 aliphatic carbocycles. The first-order valence-corrected chi connectivity index (χ1v) is 5.56. The summed E-state index contributed by atoms with van der Waals surface area (Å²) in [4.78, 5) is 8.15. The number of nitrogens with zero attached hydrogens (tertiary/aromatic N) is 1. The molecule has 0 spiro atoms. The van der Waals surface area contributed by atoms with Crippen molar-refractivity contribution < 1.29 is 5.11 Å². The number of rotatable bonds is 3. The molecule has 0 saturated carbocycles. The average Bonchev–Trinajstić information content (AvgIpc) is 2.59. The minimum Gasteiger partial charge on any atom is -0.506 e. The van der Waals surface area contributed by atoms with Gasteiger partial charge in [0.15, 0.2) is 4.77 Å². The van der Waals surface area contributed by atoms with Gasteiger partial charge in [0.25, 0.3) is 0 Å². The van der Waals surface area contributed by atoms with Gasteiger partial charge in [0.1, 0.15) is 11.3 Å². The number of hydrogen-bond donors (Lipinski definition) is 3. The minimum absolute atomic E-state index is 0.232. The van der Waals surface area contributed by atoms with Crippen molar-refractivity contribution in [1.82, 2.24) is 14.9 Å². The molecule has 2 rings (SSSR count). The number of fused-ring (bicyclic) bond motifs is 1. The Labute approximate surface area is 98.9 Å². The molecule has 86 valence electrons. The Morgan fingerprint density at radius 2 is 1.94 bits per heavy atom. The summed E-state index contributed by atoms with van der Waals surface area (Å²) in [6.45, 7) is 0.964. The highest BCUT2D eigenvalue weighted by Gasteiger charge is 2.07. The SMILES string of the molecule is CN(C)CCc1ccc(O)c2[nH]c(=S)[nH]c12. The predicted molar refractivity (Wildman–Crippen MR) is 67.4 cm³/mol. The van der Waals surface area contributed by atoms with Crippen LogP contribution in [-0.2, 0) is 6.42 Å². The zero-order chi connectivity index (χ0) is 11.7. The predicted octanol–water partition coefficient (Wildman–Crippen LogP) is 2.04. The van der Waals surface area contributed by atoms with Gasteiger partial charge in [-0.15, -0.1) is 0 Å². The van der Waals surface area contributed by atoms with E-state index in [1.165, 1.54) is 0 Å². The molecule has 0 aliphatic heterocycles. The van der Waals surface area contributed by atoms with Crippen LogP contribution in [0.4, 0.5) is 0 Å². The van der Waals surface area contributed by atoms with Crippen molar-refractivity contribution >= 4 is 23.3 Å². The molecule has 5 heteroatoms. The van der Waals surface area contributed by atoms with Crippen LogP contribution in [0.15, 0.2) is 12.1 Å². The summed E-state index contributed by atoms with van der Waals surface area (Å²) < 4.78 is 0.544. The highest BCUT2D eigenvalue weighted by Crippen LogP contribution is 2.25. The quantitative estimate of drug-likeness (QED) is 0.716. The van der Waals surface area contributed by atoms with E-state index >= 15 is 0 Å². The molecule has 0 aliphatic rings. The van der Waals surface area contributed by atoms with E-state index in [4.69, 9.17) is 12.2 Å². The van der Waals surface area contributed by atoms with Crippen LogP contribution in [0.2, 0.25) is 0 Å². The van der Waals surface area contributed by atoms with E-state index in [1.54, 1.807) is 6.07 Å². The second-order valence-corrected chi connectivity index (χ2v) is 4.53. The molecule has 1 aromatic carbocycles. The van der Waals surface area contributed by atoms with Gasteiger partial charge >= 0.3 is 0 Å². The van der Waals surface area contributed by atoms with E-state index in [0.29, 0.717) is 10.3 Å². The third-order valence-electron chi connectivity index (χ3n) is 2.58. The third-order valence-corrected chi connectivity index (χ3v) is 2.78. The molecule has 0 unspecified atom stereocenters. The van der Waals surface area contributed by atoms with Crippen LogP contribution < -0.4 is 0 Å². The standard InChI is InChI=1S/C11H15N3OS/c1-14(2)6-5-7-3-4-8(15)10-9(7)12-11(16)13-10/h3-4,15H,5-6H2,1-2H3,(H2,12,13,16). The van der Waals surface area contributed by atoms with Crippen LogP contribution >= 0.6 is 12.2 Å². The van der Waals surface area contributed by atoms with Gasteiger partial charge in [0.2, 0.25) is 0 Å². The van der Waals surface area contributed by atoms with Crippen LogP contribution in [0.3, 0.4) is 0 Å². The fourth-order valence-electron chi connectivity index (χ4n) is 1.71. The lowest BCUT2D eigenvalue weighted by atomic mass is 10.1. The van der Waals surface area contributed by atoms with Crippen molar-refractivity contribution in [3.63, 3.8) is 0 Å². The maximum atomic E-state index is 9.68. The number of nitrogens with one attached hydrogen (secondary N) is 2. The van der Waals surface area contributed by atoms with E-state index in [-0.39, 0.29) is 5.75 Å². The van der Waals surface area contributed by atoms with Crippen molar-refractivity contribution in [2.75, 3.05) is 20.6 Å². The van der Waals surface area contributed by atoms with Crippen LogP contribution in [0.5, 0.6) is 5.75 Å². The molecule has 0 radical (unpaired) electrons. The molecule has 4 nitrogen and oxygen atoms in total. The van der Waals surface area contributed by atoms with Crippen LogP contribution in [-0.4, -0.2) is 40.6 Å². The van der Waals surface area contributed by atoms with Gasteiger partial charge in [-0.05, 0) is 44.4 Å². The molecule has 2 aromatic rings. The van der Waals surface area contributed by atoms with E-state index in [9.17, 15) is 5.11 Å². The molecule has 0 saturated heterocycles. The number of aromatic amines is 2. The van der Waals surface area contributed by atoms with Crippen LogP contribution in [0.1, 0.15) is 5.56 Å². The normalized spacial score (nSPS) is 11.4. The Morgan fingerprint density at radius 1 is 1.25 bits per heavy atom. The van der Waals surface area contributed by atoms with Crippen molar-refractivity contribution in [3.05, 3.63) is 22.5 Å². The summed E-state index contributed by atoms with van der Waals surface area (Å²) in [6, 6.07) is 3.63. The fourth-order valence-corrected chi connectivity index (χ4v) is 1.92. The first-order valence-electron chi connectivity index (χ1n) is 5.15. The second kappa shape index (κ2) is 4.27. The number of phenolic OH excluding ortho intramolecular Hbond substituents is 1. The van der Waals surface area contributed by atoms with Crippen LogP contribution in [0, 0.1) is 4.77 Å². The van der Waals surface area contributed by atoms with E-state index in [1.807, 2.05) is 20.2 Å². The van der Waals surface area contributed by atoms with Crippen LogP contribution in [0.25, 0.3) is 11.0 Å². The fraction of sp³-hybridized carbons (Fsp3) is 0.364. The number of aromatic nitrogens is 2. The number of imidazole rings is 1. The zero-order valence-electron chi connectivity index (χ0n) is 9.37. The first kappa shape index (κ1) is 11.2. The molecule has 1 heterocycles. The third kappa shape index (κ3) is 2.10. The number of likely N-dealkylation sites (N-methyl/N-ethyl adjacent to an activating group) is 1. The maximum absolute atomic E-state index is 9.68. The van der Waals surface area contributed by atoms with Crippen molar-refractivity contribution in [1.29, 1.82) is 0 Å². The number of phenols is 1. The Morgan fingerprint density at radius 3 is 2.62 bits per heavy atom. The number of hydrogen-bond acceptors (Lipinski definition) is 3. The van der Waals surface area contributed by atoms with E-state index < -0.39 is 0 Å². The molecule has 0 fully saturated rings. The Balaban J connectivity index is 2.45. The molecule has 0 amide bonds. The molecule has 1 aromatic heterocycles. The lowest BCUT2D eigenvalue weighted by Gasteiger charge is -2.09. The summed E-state index contributed by atoms with van der Waals surface area (Å²) >= 11 is 5.04. The van der Waals surface area contributed by atoms with Crippen molar-refractivity contribution in [3.8, 4) is 5.75 Å². The van der Waals surface area contributed by atoms with Crippen molar-refractivity contribution in [2.45, 2.75) is 6.42 Å². The molecule has 3 N–H and O–H groups in total. The largest absolute Gasteiger partial charge is 0.506 e. The number of H-pyrrole nitrogens is 2. The Hall–Kier alpha value is -1.33. The van der Waals surface area contributed by atoms with E-state index in [2.05, 4.69) is 14.9 Å². The smallest absolute Gasteiger partial charge is 0.175 e. The summed E-state index contributed by atoms with van der Waals surface area (Å²) in [5.74, 6) is 0.232. The first-order chi connectivity index (χ1) is 7.58. The van der Waals surface area contributed by atoms with E-state index in [0.717, 1.165) is 24.0 Å². The lowest BCUT2D eigenvalue weighted by Crippen LogP contribution is -2.15. The van der Waals surface area contributed by atoms with Gasteiger partial charge in [-0.25, -0.2) is 0 Å². The summed E-state index contributed by atoms with van der Waals surface area (Å²) in [6.07, 6.45) is 0.924. The maximum Gasteiger partial charge on any atom is 0.175 e. The Bertz CT molecular complexity index is 556. The summed E-state index contributed by atoms with van der Waals surface area (Å²) in [7, 11) is 4.08. The van der Waals surface area contributed by atoms with Gasteiger partial charge in [-0.1, -0.05) is 6.07 Å². The summed E-state index contributed by atoms with van der Waals surface area (Å²) in [5.41, 5.74) is 2.77.